The fraction of sp³-hybridized carbons (Fsp3) is 0.933. The first-order valence-electron chi connectivity index (χ1n) is 6.97. The minimum absolute atomic E-state index is 0.384. The number of aldehydes is 1. The highest BCUT2D eigenvalue weighted by atomic mass is 16.1. The van der Waals surface area contributed by atoms with Crippen LogP contribution in [0.4, 0.5) is 0 Å². The quantitative estimate of drug-likeness (QED) is 0.616. The van der Waals surface area contributed by atoms with Crippen LogP contribution in [0, 0.1) is 34.5 Å². The molecule has 0 aromatic carbocycles. The summed E-state index contributed by atoms with van der Waals surface area (Å²) in [5, 5.41) is 0. The Kier molecular flexibility index (Phi) is 2.10. The SMILES string of the molecule is CC1CCC23CC1C(C)(C)C2CCC3C=O. The molecule has 1 heteroatoms. The molecule has 0 saturated heterocycles. The van der Waals surface area contributed by atoms with Crippen molar-refractivity contribution in [3.05, 3.63) is 0 Å². The van der Waals surface area contributed by atoms with E-state index in [4.69, 9.17) is 0 Å². The Bertz CT molecular complexity index is 319. The molecule has 1 nitrogen and oxygen atoms in total. The van der Waals surface area contributed by atoms with Crippen molar-refractivity contribution in [2.75, 3.05) is 0 Å². The molecule has 1 spiro atoms. The Morgan fingerprint density at radius 3 is 2.62 bits per heavy atom. The maximum atomic E-state index is 11.3. The van der Waals surface area contributed by atoms with Crippen molar-refractivity contribution >= 4 is 6.29 Å². The minimum atomic E-state index is 0.384. The molecule has 3 aliphatic rings. The number of carbonyl (C=O) groups excluding carboxylic acids is 1. The zero-order valence-electron chi connectivity index (χ0n) is 10.8. The third-order valence-electron chi connectivity index (χ3n) is 6.57. The molecule has 5 atom stereocenters. The van der Waals surface area contributed by atoms with Crippen LogP contribution in [0.1, 0.15) is 52.9 Å². The van der Waals surface area contributed by atoms with Gasteiger partial charge in [0, 0.05) is 5.92 Å². The molecule has 3 fully saturated rings. The fourth-order valence-electron chi connectivity index (χ4n) is 5.81. The molecule has 0 aromatic rings. The van der Waals surface area contributed by atoms with E-state index in [0.717, 1.165) is 17.8 Å². The van der Waals surface area contributed by atoms with E-state index in [0.29, 0.717) is 16.7 Å². The molecule has 0 heterocycles. The summed E-state index contributed by atoms with van der Waals surface area (Å²) in [7, 11) is 0. The van der Waals surface area contributed by atoms with Gasteiger partial charge in [0.2, 0.25) is 0 Å². The van der Waals surface area contributed by atoms with Crippen molar-refractivity contribution in [1.82, 2.24) is 0 Å². The predicted molar refractivity (Wildman–Crippen MR) is 65.0 cm³/mol. The van der Waals surface area contributed by atoms with Gasteiger partial charge in [0.05, 0.1) is 0 Å². The van der Waals surface area contributed by atoms with Gasteiger partial charge in [-0.05, 0) is 60.7 Å². The van der Waals surface area contributed by atoms with Crippen molar-refractivity contribution in [2.45, 2.75) is 52.9 Å². The van der Waals surface area contributed by atoms with E-state index in [1.54, 1.807) is 0 Å². The number of fused-ring (bicyclic) bond motifs is 1. The van der Waals surface area contributed by atoms with Crippen molar-refractivity contribution in [2.24, 2.45) is 34.5 Å². The van der Waals surface area contributed by atoms with Gasteiger partial charge in [-0.15, -0.1) is 0 Å². The lowest BCUT2D eigenvalue weighted by Gasteiger charge is -2.38. The molecular formula is C15H24O. The highest BCUT2D eigenvalue weighted by Crippen LogP contribution is 2.72. The molecule has 0 radical (unpaired) electrons. The Morgan fingerprint density at radius 1 is 1.19 bits per heavy atom. The second-order valence-corrected chi connectivity index (χ2v) is 7.25. The van der Waals surface area contributed by atoms with Crippen molar-refractivity contribution < 1.29 is 4.79 Å². The van der Waals surface area contributed by atoms with Crippen molar-refractivity contribution in [3.8, 4) is 0 Å². The Morgan fingerprint density at radius 2 is 1.94 bits per heavy atom. The lowest BCUT2D eigenvalue weighted by atomic mass is 9.66. The fourth-order valence-corrected chi connectivity index (χ4v) is 5.81. The maximum Gasteiger partial charge on any atom is 0.123 e. The van der Waals surface area contributed by atoms with E-state index in [2.05, 4.69) is 20.8 Å². The number of hydrogen-bond acceptors (Lipinski definition) is 1. The van der Waals surface area contributed by atoms with Crippen LogP contribution < -0.4 is 0 Å². The van der Waals surface area contributed by atoms with Gasteiger partial charge in [0.25, 0.3) is 0 Å². The van der Waals surface area contributed by atoms with Crippen LogP contribution in [-0.4, -0.2) is 6.29 Å². The third kappa shape index (κ3) is 1.05. The van der Waals surface area contributed by atoms with Crippen LogP contribution in [0.5, 0.6) is 0 Å². The van der Waals surface area contributed by atoms with Gasteiger partial charge in [-0.25, -0.2) is 0 Å². The zero-order valence-corrected chi connectivity index (χ0v) is 10.8. The summed E-state index contributed by atoms with van der Waals surface area (Å²) in [5.74, 6) is 2.95. The largest absolute Gasteiger partial charge is 0.303 e. The molecular weight excluding hydrogens is 196 g/mol. The van der Waals surface area contributed by atoms with E-state index in [1.807, 2.05) is 0 Å². The second kappa shape index (κ2) is 3.11. The first-order valence-corrected chi connectivity index (χ1v) is 6.97. The number of carbonyl (C=O) groups is 1. The van der Waals surface area contributed by atoms with Crippen LogP contribution in [0.15, 0.2) is 0 Å². The maximum absolute atomic E-state index is 11.3. The topological polar surface area (TPSA) is 17.1 Å². The van der Waals surface area contributed by atoms with E-state index in [1.165, 1.54) is 38.4 Å². The Hall–Kier alpha value is -0.330. The average Bonchev–Trinajstić information content (AvgIpc) is 2.68. The van der Waals surface area contributed by atoms with Crippen LogP contribution in [-0.2, 0) is 4.79 Å². The lowest BCUT2D eigenvalue weighted by Crippen LogP contribution is -2.33. The summed E-state index contributed by atoms with van der Waals surface area (Å²) in [6.07, 6.45) is 7.78. The molecule has 3 saturated carbocycles. The van der Waals surface area contributed by atoms with Crippen LogP contribution in [0.2, 0.25) is 0 Å². The first kappa shape index (κ1) is 10.8. The van der Waals surface area contributed by atoms with E-state index in [9.17, 15) is 4.79 Å². The van der Waals surface area contributed by atoms with E-state index in [-0.39, 0.29) is 0 Å². The highest BCUT2D eigenvalue weighted by Gasteiger charge is 2.65. The lowest BCUT2D eigenvalue weighted by molar-refractivity contribution is -0.115. The minimum Gasteiger partial charge on any atom is -0.303 e. The van der Waals surface area contributed by atoms with Crippen molar-refractivity contribution in [1.29, 1.82) is 0 Å². The molecule has 0 N–H and O–H groups in total. The smallest absolute Gasteiger partial charge is 0.123 e. The van der Waals surface area contributed by atoms with Gasteiger partial charge in [-0.1, -0.05) is 20.8 Å². The molecule has 16 heavy (non-hydrogen) atoms. The summed E-state index contributed by atoms with van der Waals surface area (Å²) < 4.78 is 0. The first-order chi connectivity index (χ1) is 7.52. The summed E-state index contributed by atoms with van der Waals surface area (Å²) >= 11 is 0. The zero-order chi connectivity index (χ0) is 11.6. The molecule has 5 unspecified atom stereocenters. The van der Waals surface area contributed by atoms with Crippen molar-refractivity contribution in [3.63, 3.8) is 0 Å². The average molecular weight is 220 g/mol. The van der Waals surface area contributed by atoms with Crippen LogP contribution in [0.3, 0.4) is 0 Å². The van der Waals surface area contributed by atoms with Gasteiger partial charge in [-0.3, -0.25) is 0 Å². The van der Waals surface area contributed by atoms with Gasteiger partial charge < -0.3 is 4.79 Å². The number of hydrogen-bond donors (Lipinski definition) is 0. The normalized spacial score (nSPS) is 53.7. The van der Waals surface area contributed by atoms with Gasteiger partial charge in [0.15, 0.2) is 0 Å². The third-order valence-corrected chi connectivity index (χ3v) is 6.57. The van der Waals surface area contributed by atoms with Gasteiger partial charge in [-0.2, -0.15) is 0 Å². The van der Waals surface area contributed by atoms with Crippen LogP contribution in [0.25, 0.3) is 0 Å². The summed E-state index contributed by atoms with van der Waals surface area (Å²) in [6, 6.07) is 0. The number of rotatable bonds is 1. The summed E-state index contributed by atoms with van der Waals surface area (Å²) in [6.45, 7) is 7.37. The molecule has 2 bridgehead atoms. The van der Waals surface area contributed by atoms with Crippen LogP contribution >= 0.6 is 0 Å². The molecule has 0 aromatic heterocycles. The molecule has 0 aliphatic heterocycles. The Labute approximate surface area is 99.0 Å². The Balaban J connectivity index is 2.04. The highest BCUT2D eigenvalue weighted by molar-refractivity contribution is 5.56. The molecule has 0 amide bonds. The van der Waals surface area contributed by atoms with Gasteiger partial charge in [0.1, 0.15) is 6.29 Å². The van der Waals surface area contributed by atoms with E-state index >= 15 is 0 Å². The standard InChI is InChI=1S/C15H24O/c1-10-6-7-15-8-12(10)14(2,3)13(15)5-4-11(15)9-16/h9-13H,4-8H2,1-3H3. The predicted octanol–water partition coefficient (Wildman–Crippen LogP) is 3.67. The molecule has 90 valence electrons. The molecule has 3 rings (SSSR count). The molecule has 3 aliphatic carbocycles. The summed E-state index contributed by atoms with van der Waals surface area (Å²) in [5.41, 5.74) is 0.899. The summed E-state index contributed by atoms with van der Waals surface area (Å²) in [4.78, 5) is 11.3. The monoisotopic (exact) mass is 220 g/mol. The van der Waals surface area contributed by atoms with E-state index < -0.39 is 0 Å². The van der Waals surface area contributed by atoms with Gasteiger partial charge >= 0.3 is 0 Å². The second-order valence-electron chi connectivity index (χ2n) is 7.25.